The first-order chi connectivity index (χ1) is 12.8. The van der Waals surface area contributed by atoms with Crippen molar-refractivity contribution in [1.82, 2.24) is 19.8 Å². The normalized spacial score (nSPS) is 21.1. The van der Waals surface area contributed by atoms with Crippen LogP contribution in [0.25, 0.3) is 0 Å². The Morgan fingerprint density at radius 3 is 2.30 bits per heavy atom. The maximum atomic E-state index is 11.8. The molecule has 0 aromatic carbocycles. The van der Waals surface area contributed by atoms with E-state index in [9.17, 15) is 13.2 Å². The smallest absolute Gasteiger partial charge is 0.409 e. The van der Waals surface area contributed by atoms with Crippen molar-refractivity contribution in [2.24, 2.45) is 10.9 Å². The second kappa shape index (κ2) is 10.1. The number of carbonyl (C=O) groups is 1. The highest BCUT2D eigenvalue weighted by Crippen LogP contribution is 2.18. The number of sulfonamides is 1. The molecule has 2 aliphatic rings. The minimum Gasteiger partial charge on any atom is -0.450 e. The maximum absolute atomic E-state index is 11.8. The molecule has 0 aromatic heterocycles. The first-order valence-corrected chi connectivity index (χ1v) is 11.5. The highest BCUT2D eigenvalue weighted by molar-refractivity contribution is 7.88. The number of rotatable bonds is 5. The minimum absolute atomic E-state index is 0.237. The molecule has 0 bridgehead atoms. The number of ether oxygens (including phenoxy) is 1. The minimum atomic E-state index is -3.08. The van der Waals surface area contributed by atoms with Crippen molar-refractivity contribution < 1.29 is 17.9 Å². The van der Waals surface area contributed by atoms with Crippen LogP contribution < -0.4 is 10.6 Å². The predicted octanol–water partition coefficient (Wildman–Crippen LogP) is 0.444. The van der Waals surface area contributed by atoms with Gasteiger partial charge >= 0.3 is 6.09 Å². The van der Waals surface area contributed by atoms with Gasteiger partial charge in [0.05, 0.1) is 12.9 Å². The quantitative estimate of drug-likeness (QED) is 0.510. The zero-order valence-electron chi connectivity index (χ0n) is 16.6. The lowest BCUT2D eigenvalue weighted by molar-refractivity contribution is 0.0963. The molecular weight excluding hydrogens is 370 g/mol. The van der Waals surface area contributed by atoms with Crippen LogP contribution in [0.4, 0.5) is 4.79 Å². The molecule has 156 valence electrons. The molecule has 0 aromatic rings. The fourth-order valence-electron chi connectivity index (χ4n) is 3.50. The van der Waals surface area contributed by atoms with Gasteiger partial charge in [-0.3, -0.25) is 4.99 Å². The summed E-state index contributed by atoms with van der Waals surface area (Å²) in [6, 6.07) is 0.272. The molecule has 0 radical (unpaired) electrons. The SMILES string of the molecule is CCOC(=O)N1CCC(NC(=NC)NCC2CCN(S(C)(=O)=O)CC2)CC1. The summed E-state index contributed by atoms with van der Waals surface area (Å²) in [4.78, 5) is 17.8. The molecular formula is C17H33N5O4S. The number of guanidine groups is 1. The highest BCUT2D eigenvalue weighted by Gasteiger charge is 2.26. The lowest BCUT2D eigenvalue weighted by Crippen LogP contribution is -2.51. The summed E-state index contributed by atoms with van der Waals surface area (Å²) < 4.78 is 29.7. The van der Waals surface area contributed by atoms with Crippen molar-refractivity contribution in [3.8, 4) is 0 Å². The van der Waals surface area contributed by atoms with Crippen molar-refractivity contribution in [2.45, 2.75) is 38.6 Å². The van der Waals surface area contributed by atoms with E-state index in [1.54, 1.807) is 16.3 Å². The Morgan fingerprint density at radius 1 is 1.15 bits per heavy atom. The Hall–Kier alpha value is -1.55. The number of amides is 1. The van der Waals surface area contributed by atoms with Crippen LogP contribution in [0.15, 0.2) is 4.99 Å². The number of hydrogen-bond donors (Lipinski definition) is 2. The largest absolute Gasteiger partial charge is 0.450 e. The Morgan fingerprint density at radius 2 is 1.78 bits per heavy atom. The van der Waals surface area contributed by atoms with Crippen molar-refractivity contribution in [3.63, 3.8) is 0 Å². The zero-order valence-corrected chi connectivity index (χ0v) is 17.4. The van der Waals surface area contributed by atoms with E-state index < -0.39 is 10.0 Å². The molecule has 2 aliphatic heterocycles. The van der Waals surface area contributed by atoms with Gasteiger partial charge in [-0.25, -0.2) is 17.5 Å². The Kier molecular flexibility index (Phi) is 8.15. The van der Waals surface area contributed by atoms with Crippen molar-refractivity contribution >= 4 is 22.1 Å². The van der Waals surface area contributed by atoms with Crippen LogP contribution in [0.5, 0.6) is 0 Å². The third-order valence-corrected chi connectivity index (χ3v) is 6.49. The summed E-state index contributed by atoms with van der Waals surface area (Å²) in [5, 5.41) is 6.78. The van der Waals surface area contributed by atoms with E-state index >= 15 is 0 Å². The van der Waals surface area contributed by atoms with Crippen LogP contribution >= 0.6 is 0 Å². The second-order valence-electron chi connectivity index (χ2n) is 7.16. The Bertz CT molecular complexity index is 609. The van der Waals surface area contributed by atoms with Gasteiger partial charge in [-0.1, -0.05) is 0 Å². The second-order valence-corrected chi connectivity index (χ2v) is 9.15. The summed E-state index contributed by atoms with van der Waals surface area (Å²) >= 11 is 0. The summed E-state index contributed by atoms with van der Waals surface area (Å²) in [6.07, 6.45) is 4.45. The molecule has 0 saturated carbocycles. The van der Waals surface area contributed by atoms with E-state index in [0.29, 0.717) is 38.7 Å². The van der Waals surface area contributed by atoms with E-state index in [-0.39, 0.29) is 12.1 Å². The third kappa shape index (κ3) is 6.84. The van der Waals surface area contributed by atoms with Gasteiger partial charge in [0.25, 0.3) is 0 Å². The molecule has 0 atom stereocenters. The fraction of sp³-hybridized carbons (Fsp3) is 0.882. The van der Waals surface area contributed by atoms with Gasteiger partial charge in [0.15, 0.2) is 5.96 Å². The van der Waals surface area contributed by atoms with Gasteiger partial charge in [-0.05, 0) is 38.5 Å². The molecule has 0 spiro atoms. The molecule has 9 nitrogen and oxygen atoms in total. The van der Waals surface area contributed by atoms with Crippen LogP contribution in [0, 0.1) is 5.92 Å². The van der Waals surface area contributed by atoms with Gasteiger partial charge in [0.2, 0.25) is 10.0 Å². The summed E-state index contributed by atoms with van der Waals surface area (Å²) in [7, 11) is -1.33. The molecule has 0 unspecified atom stereocenters. The molecule has 2 rings (SSSR count). The average molecular weight is 404 g/mol. The van der Waals surface area contributed by atoms with E-state index in [1.165, 1.54) is 6.26 Å². The van der Waals surface area contributed by atoms with Crippen LogP contribution in [0.1, 0.15) is 32.6 Å². The molecule has 0 aliphatic carbocycles. The van der Waals surface area contributed by atoms with Crippen molar-refractivity contribution in [3.05, 3.63) is 0 Å². The van der Waals surface area contributed by atoms with Gasteiger partial charge in [-0.2, -0.15) is 0 Å². The number of aliphatic imine (C=N–C) groups is 1. The van der Waals surface area contributed by atoms with E-state index in [2.05, 4.69) is 15.6 Å². The number of hydrogen-bond acceptors (Lipinski definition) is 5. The summed E-state index contributed by atoms with van der Waals surface area (Å²) in [5.74, 6) is 1.20. The molecule has 10 heteroatoms. The number of nitrogens with one attached hydrogen (secondary N) is 2. The van der Waals surface area contributed by atoms with Gasteiger partial charge in [0.1, 0.15) is 0 Å². The van der Waals surface area contributed by atoms with Crippen molar-refractivity contribution in [1.29, 1.82) is 0 Å². The molecule has 2 N–H and O–H groups in total. The molecule has 2 fully saturated rings. The standard InChI is InChI=1S/C17H33N5O4S/c1-4-26-17(23)21-9-7-15(8-10-21)20-16(18-2)19-13-14-5-11-22(12-6-14)27(3,24)25/h14-15H,4-13H2,1-3H3,(H2,18,19,20). The van der Waals surface area contributed by atoms with Crippen LogP contribution in [0.3, 0.4) is 0 Å². The fourth-order valence-corrected chi connectivity index (χ4v) is 4.37. The highest BCUT2D eigenvalue weighted by atomic mass is 32.2. The van der Waals surface area contributed by atoms with Gasteiger partial charge in [-0.15, -0.1) is 0 Å². The Labute approximate surface area is 162 Å². The third-order valence-electron chi connectivity index (χ3n) is 5.19. The maximum Gasteiger partial charge on any atom is 0.409 e. The first-order valence-electron chi connectivity index (χ1n) is 9.67. The molecule has 2 saturated heterocycles. The topological polar surface area (TPSA) is 103 Å². The number of piperidine rings is 2. The molecule has 2 heterocycles. The van der Waals surface area contributed by atoms with Crippen molar-refractivity contribution in [2.75, 3.05) is 52.6 Å². The monoisotopic (exact) mass is 403 g/mol. The lowest BCUT2D eigenvalue weighted by Gasteiger charge is -2.33. The average Bonchev–Trinajstić information content (AvgIpc) is 2.65. The van der Waals surface area contributed by atoms with Crippen LogP contribution in [-0.4, -0.2) is 88.4 Å². The van der Waals surface area contributed by atoms with E-state index in [0.717, 1.165) is 38.2 Å². The summed E-state index contributed by atoms with van der Waals surface area (Å²) in [5.41, 5.74) is 0. The number of nitrogens with zero attached hydrogens (tertiary/aromatic N) is 3. The van der Waals surface area contributed by atoms with Gasteiger partial charge < -0.3 is 20.3 Å². The Balaban J connectivity index is 1.69. The van der Waals surface area contributed by atoms with E-state index in [1.807, 2.05) is 6.92 Å². The molecule has 27 heavy (non-hydrogen) atoms. The lowest BCUT2D eigenvalue weighted by atomic mass is 9.98. The van der Waals surface area contributed by atoms with Crippen LogP contribution in [0.2, 0.25) is 0 Å². The van der Waals surface area contributed by atoms with Crippen LogP contribution in [-0.2, 0) is 14.8 Å². The first kappa shape index (κ1) is 21.7. The molecule has 1 amide bonds. The number of carbonyl (C=O) groups excluding carboxylic acids is 1. The number of likely N-dealkylation sites (tertiary alicyclic amines) is 1. The zero-order chi connectivity index (χ0) is 19.9. The van der Waals surface area contributed by atoms with E-state index in [4.69, 9.17) is 4.74 Å². The predicted molar refractivity (Wildman–Crippen MR) is 105 cm³/mol. The van der Waals surface area contributed by atoms with Gasteiger partial charge in [0, 0.05) is 45.8 Å². The summed E-state index contributed by atoms with van der Waals surface area (Å²) in [6.45, 7) is 5.52.